The van der Waals surface area contributed by atoms with Crippen molar-refractivity contribution in [3.8, 4) is 0 Å². The molecule has 0 fully saturated rings. The van der Waals surface area contributed by atoms with Crippen LogP contribution >= 0.6 is 0 Å². The molecule has 2 unspecified atom stereocenters. The standard InChI is InChI=1S/C10H16F3N5O/c1-5(4-19)6(2)15-7-3-8(18-14)17-9(16-7)10(11,12)13/h3,5-6,19H,4,14H2,1-2H3,(H2,15,16,17,18). The third kappa shape index (κ3) is 4.21. The Hall–Kier alpha value is -1.61. The van der Waals surface area contributed by atoms with Crippen molar-refractivity contribution in [2.75, 3.05) is 17.3 Å². The molecule has 0 saturated heterocycles. The zero-order chi connectivity index (χ0) is 14.6. The summed E-state index contributed by atoms with van der Waals surface area (Å²) in [6.07, 6.45) is -4.66. The molecular formula is C10H16F3N5O. The van der Waals surface area contributed by atoms with Gasteiger partial charge in [-0.15, -0.1) is 0 Å². The summed E-state index contributed by atoms with van der Waals surface area (Å²) in [6, 6.07) is 1.00. The molecule has 0 aliphatic heterocycles. The number of nitrogens with two attached hydrogens (primary N) is 1. The van der Waals surface area contributed by atoms with Crippen molar-refractivity contribution < 1.29 is 18.3 Å². The number of nitrogens with zero attached hydrogens (tertiary/aromatic N) is 2. The molecule has 108 valence electrons. The Bertz CT molecular complexity index is 426. The first-order chi connectivity index (χ1) is 8.77. The smallest absolute Gasteiger partial charge is 0.396 e. The number of hydrogen-bond donors (Lipinski definition) is 4. The minimum absolute atomic E-state index is 0.0110. The molecular weight excluding hydrogens is 263 g/mol. The topological polar surface area (TPSA) is 96.1 Å². The van der Waals surface area contributed by atoms with Gasteiger partial charge in [0, 0.05) is 18.7 Å². The number of aromatic nitrogens is 2. The summed E-state index contributed by atoms with van der Waals surface area (Å²) in [5.74, 6) is 3.49. The molecule has 1 aromatic heterocycles. The molecule has 0 amide bonds. The fourth-order valence-electron chi connectivity index (χ4n) is 1.26. The summed E-state index contributed by atoms with van der Waals surface area (Å²) >= 11 is 0. The molecule has 9 heteroatoms. The number of aliphatic hydroxyl groups excluding tert-OH is 1. The van der Waals surface area contributed by atoms with Crippen LogP contribution in [0.4, 0.5) is 24.8 Å². The third-order valence-electron chi connectivity index (χ3n) is 2.64. The third-order valence-corrected chi connectivity index (χ3v) is 2.64. The van der Waals surface area contributed by atoms with E-state index >= 15 is 0 Å². The van der Waals surface area contributed by atoms with E-state index in [1.807, 2.05) is 0 Å². The normalized spacial score (nSPS) is 14.9. The molecule has 5 N–H and O–H groups in total. The Kier molecular flexibility index (Phi) is 4.90. The van der Waals surface area contributed by atoms with Crippen LogP contribution < -0.4 is 16.6 Å². The van der Waals surface area contributed by atoms with Crippen molar-refractivity contribution in [1.82, 2.24) is 9.97 Å². The van der Waals surface area contributed by atoms with E-state index in [9.17, 15) is 13.2 Å². The van der Waals surface area contributed by atoms with Gasteiger partial charge < -0.3 is 15.8 Å². The highest BCUT2D eigenvalue weighted by Crippen LogP contribution is 2.28. The first kappa shape index (κ1) is 15.4. The van der Waals surface area contributed by atoms with Crippen molar-refractivity contribution in [3.05, 3.63) is 11.9 Å². The van der Waals surface area contributed by atoms with Crippen molar-refractivity contribution in [1.29, 1.82) is 0 Å². The van der Waals surface area contributed by atoms with E-state index in [0.29, 0.717) is 0 Å². The van der Waals surface area contributed by atoms with Gasteiger partial charge in [0.2, 0.25) is 5.82 Å². The fourth-order valence-corrected chi connectivity index (χ4v) is 1.26. The largest absolute Gasteiger partial charge is 0.451 e. The number of nitrogens with one attached hydrogen (secondary N) is 2. The number of halogens is 3. The number of hydrazine groups is 1. The second-order valence-corrected chi connectivity index (χ2v) is 4.20. The molecule has 1 rings (SSSR count). The summed E-state index contributed by atoms with van der Waals surface area (Å²) < 4.78 is 37.8. The molecule has 0 bridgehead atoms. The number of nitrogen functional groups attached to an aromatic ring is 1. The van der Waals surface area contributed by atoms with Crippen LogP contribution in [0.5, 0.6) is 0 Å². The van der Waals surface area contributed by atoms with E-state index in [2.05, 4.69) is 20.7 Å². The highest BCUT2D eigenvalue weighted by molar-refractivity contribution is 5.47. The van der Waals surface area contributed by atoms with Gasteiger partial charge in [-0.2, -0.15) is 13.2 Å². The van der Waals surface area contributed by atoms with Crippen LogP contribution in [0.25, 0.3) is 0 Å². The molecule has 0 aliphatic carbocycles. The lowest BCUT2D eigenvalue weighted by Crippen LogP contribution is -2.27. The quantitative estimate of drug-likeness (QED) is 0.478. The maximum absolute atomic E-state index is 12.6. The predicted molar refractivity (Wildman–Crippen MR) is 64.2 cm³/mol. The SMILES string of the molecule is CC(CO)C(C)Nc1cc(NN)nc(C(F)(F)F)n1. The monoisotopic (exact) mass is 279 g/mol. The fraction of sp³-hybridized carbons (Fsp3) is 0.600. The summed E-state index contributed by atoms with van der Waals surface area (Å²) in [5, 5.41) is 11.8. The molecule has 0 saturated carbocycles. The van der Waals surface area contributed by atoms with Crippen LogP contribution in [0.1, 0.15) is 19.7 Å². The van der Waals surface area contributed by atoms with E-state index in [-0.39, 0.29) is 30.2 Å². The first-order valence-electron chi connectivity index (χ1n) is 5.58. The van der Waals surface area contributed by atoms with Crippen molar-refractivity contribution in [3.63, 3.8) is 0 Å². The molecule has 1 heterocycles. The minimum atomic E-state index is -4.66. The zero-order valence-corrected chi connectivity index (χ0v) is 10.5. The lowest BCUT2D eigenvalue weighted by Gasteiger charge is -2.20. The van der Waals surface area contributed by atoms with Crippen LogP contribution in [0.15, 0.2) is 6.07 Å². The van der Waals surface area contributed by atoms with Crippen molar-refractivity contribution in [2.24, 2.45) is 11.8 Å². The highest BCUT2D eigenvalue weighted by Gasteiger charge is 2.35. The molecule has 0 radical (unpaired) electrons. The van der Waals surface area contributed by atoms with Crippen LogP contribution in [0.3, 0.4) is 0 Å². The molecule has 1 aromatic rings. The Labute approximate surface area is 108 Å². The number of hydrogen-bond acceptors (Lipinski definition) is 6. The van der Waals surface area contributed by atoms with E-state index in [4.69, 9.17) is 10.9 Å². The van der Waals surface area contributed by atoms with E-state index in [1.54, 1.807) is 13.8 Å². The lowest BCUT2D eigenvalue weighted by molar-refractivity contribution is -0.144. The first-order valence-corrected chi connectivity index (χ1v) is 5.58. The summed E-state index contributed by atoms with van der Waals surface area (Å²) in [7, 11) is 0. The van der Waals surface area contributed by atoms with E-state index in [0.717, 1.165) is 0 Å². The van der Waals surface area contributed by atoms with E-state index in [1.165, 1.54) is 6.07 Å². The van der Waals surface area contributed by atoms with Gasteiger partial charge >= 0.3 is 6.18 Å². The lowest BCUT2D eigenvalue weighted by atomic mass is 10.1. The predicted octanol–water partition coefficient (Wildman–Crippen LogP) is 1.21. The van der Waals surface area contributed by atoms with Gasteiger partial charge in [0.05, 0.1) is 0 Å². The maximum Gasteiger partial charge on any atom is 0.451 e. The summed E-state index contributed by atoms with van der Waals surface area (Å²) in [5.41, 5.74) is 2.06. The van der Waals surface area contributed by atoms with Crippen LogP contribution in [0.2, 0.25) is 0 Å². The average molecular weight is 279 g/mol. The van der Waals surface area contributed by atoms with Gasteiger partial charge in [-0.3, -0.25) is 0 Å². The molecule has 6 nitrogen and oxygen atoms in total. The van der Waals surface area contributed by atoms with Gasteiger partial charge in [0.25, 0.3) is 0 Å². The molecule has 0 aromatic carbocycles. The van der Waals surface area contributed by atoms with Crippen LogP contribution in [-0.2, 0) is 6.18 Å². The highest BCUT2D eigenvalue weighted by atomic mass is 19.4. The zero-order valence-electron chi connectivity index (χ0n) is 10.5. The summed E-state index contributed by atoms with van der Waals surface area (Å²) in [4.78, 5) is 6.62. The van der Waals surface area contributed by atoms with Crippen molar-refractivity contribution in [2.45, 2.75) is 26.1 Å². The van der Waals surface area contributed by atoms with Gasteiger partial charge in [0.1, 0.15) is 11.6 Å². The molecule has 0 aliphatic rings. The number of aliphatic hydroxyl groups is 1. The van der Waals surface area contributed by atoms with Crippen molar-refractivity contribution >= 4 is 11.6 Å². The molecule has 0 spiro atoms. The maximum atomic E-state index is 12.6. The van der Waals surface area contributed by atoms with Gasteiger partial charge in [-0.05, 0) is 12.8 Å². The Morgan fingerprint density at radius 2 is 1.89 bits per heavy atom. The summed E-state index contributed by atoms with van der Waals surface area (Å²) in [6.45, 7) is 3.39. The number of rotatable bonds is 5. The Morgan fingerprint density at radius 1 is 1.32 bits per heavy atom. The van der Waals surface area contributed by atoms with E-state index < -0.39 is 12.0 Å². The van der Waals surface area contributed by atoms with Crippen LogP contribution in [-0.4, -0.2) is 27.7 Å². The molecule has 2 atom stereocenters. The minimum Gasteiger partial charge on any atom is -0.396 e. The van der Waals surface area contributed by atoms with Gasteiger partial charge in [0.15, 0.2) is 0 Å². The average Bonchev–Trinajstić information content (AvgIpc) is 2.36. The number of anilines is 2. The Morgan fingerprint density at radius 3 is 2.37 bits per heavy atom. The van der Waals surface area contributed by atoms with Gasteiger partial charge in [-0.25, -0.2) is 15.8 Å². The second kappa shape index (κ2) is 6.02. The van der Waals surface area contributed by atoms with Gasteiger partial charge in [-0.1, -0.05) is 6.92 Å². The van der Waals surface area contributed by atoms with Crippen LogP contribution in [0, 0.1) is 5.92 Å². The Balaban J connectivity index is 3.01. The number of alkyl halides is 3. The molecule has 19 heavy (non-hydrogen) atoms. The second-order valence-electron chi connectivity index (χ2n) is 4.20.